The number of halogens is 2. The Bertz CT molecular complexity index is 1620. The number of benzene rings is 3. The van der Waals surface area contributed by atoms with Gasteiger partial charge in [-0.2, -0.15) is 0 Å². The Morgan fingerprint density at radius 3 is 2.51 bits per heavy atom. The molecule has 1 aliphatic heterocycles. The number of nitrogens with two attached hydrogens (primary N) is 1. The number of nitrogens with one attached hydrogen (secondary N) is 1. The molecule has 1 aliphatic rings. The summed E-state index contributed by atoms with van der Waals surface area (Å²) in [6, 6.07) is 11.0. The second-order valence-electron chi connectivity index (χ2n) is 9.45. The first-order valence-corrected chi connectivity index (χ1v) is 12.9. The molecule has 3 N–H and O–H groups in total. The Kier molecular flexibility index (Phi) is 7.86. The van der Waals surface area contributed by atoms with Gasteiger partial charge >= 0.3 is 0 Å². The Balaban J connectivity index is 1.48. The van der Waals surface area contributed by atoms with Crippen molar-refractivity contribution in [3.05, 3.63) is 73.1 Å². The van der Waals surface area contributed by atoms with Crippen LogP contribution in [0.25, 0.3) is 22.0 Å². The van der Waals surface area contributed by atoms with Gasteiger partial charge < -0.3 is 30.2 Å². The maximum absolute atomic E-state index is 14.8. The van der Waals surface area contributed by atoms with E-state index in [0.717, 1.165) is 6.07 Å². The highest BCUT2D eigenvalue weighted by molar-refractivity contribution is 5.94. The molecule has 1 amide bonds. The van der Waals surface area contributed by atoms with Gasteiger partial charge in [0, 0.05) is 42.9 Å². The van der Waals surface area contributed by atoms with Gasteiger partial charge in [0.05, 0.1) is 25.4 Å². The number of amides is 1. The minimum atomic E-state index is -0.845. The minimum absolute atomic E-state index is 0.0928. The third-order valence-corrected chi connectivity index (χ3v) is 7.03. The maximum atomic E-state index is 14.8. The van der Waals surface area contributed by atoms with Crippen molar-refractivity contribution >= 4 is 34.0 Å². The molecule has 3 aromatic carbocycles. The number of aromatic nitrogens is 2. The van der Waals surface area contributed by atoms with Crippen LogP contribution in [0.1, 0.15) is 12.8 Å². The van der Waals surface area contributed by atoms with E-state index in [0.29, 0.717) is 71.2 Å². The van der Waals surface area contributed by atoms with E-state index in [2.05, 4.69) is 21.9 Å². The summed E-state index contributed by atoms with van der Waals surface area (Å²) in [7, 11) is 3.07. The fraction of sp³-hybridized carbons (Fsp3) is 0.233. The molecule has 0 radical (unpaired) electrons. The number of anilines is 3. The number of likely N-dealkylation sites (tertiary alicyclic amines) is 1. The van der Waals surface area contributed by atoms with Crippen LogP contribution in [-0.4, -0.2) is 54.2 Å². The van der Waals surface area contributed by atoms with Crippen molar-refractivity contribution in [2.45, 2.75) is 18.9 Å². The second kappa shape index (κ2) is 11.7. The highest BCUT2D eigenvalue weighted by atomic mass is 19.1. The molecule has 0 aliphatic carbocycles. The zero-order valence-corrected chi connectivity index (χ0v) is 22.6. The van der Waals surface area contributed by atoms with Gasteiger partial charge in [-0.25, -0.2) is 18.7 Å². The minimum Gasteiger partial charge on any atom is -0.495 e. The first kappa shape index (κ1) is 27.6. The Labute approximate surface area is 235 Å². The smallest absolute Gasteiger partial charge is 0.245 e. The van der Waals surface area contributed by atoms with Crippen molar-refractivity contribution in [3.8, 4) is 28.4 Å². The number of hydrogen-bond donors (Lipinski definition) is 2. The largest absolute Gasteiger partial charge is 0.495 e. The fourth-order valence-electron chi connectivity index (χ4n) is 4.81. The number of piperidine rings is 1. The summed E-state index contributed by atoms with van der Waals surface area (Å²) in [6.07, 6.45) is 3.93. The Hall–Kier alpha value is -4.93. The predicted molar refractivity (Wildman–Crippen MR) is 153 cm³/mol. The lowest BCUT2D eigenvalue weighted by Crippen LogP contribution is -2.41. The average molecular weight is 562 g/mol. The Morgan fingerprint density at radius 2 is 1.80 bits per heavy atom. The molecule has 5 rings (SSSR count). The molecule has 1 fully saturated rings. The van der Waals surface area contributed by atoms with E-state index in [1.165, 1.54) is 25.6 Å². The number of hydrogen-bond acceptors (Lipinski definition) is 8. The summed E-state index contributed by atoms with van der Waals surface area (Å²) >= 11 is 0. The van der Waals surface area contributed by atoms with Gasteiger partial charge in [-0.1, -0.05) is 12.6 Å². The van der Waals surface area contributed by atoms with Gasteiger partial charge in [-0.3, -0.25) is 4.79 Å². The summed E-state index contributed by atoms with van der Waals surface area (Å²) in [5, 5.41) is 3.91. The first-order valence-electron chi connectivity index (χ1n) is 12.9. The standard InChI is InChI=1S/C30H29F2N5O4/c1-4-27(38)37-11-9-18(10-12-37)41-26-14-20-22(15-25(26)40-3)34-16-35-30(20)36-23-13-17(5-8-24(23)39-2)19-6-7-21(31)29(33)28(19)32/h4-8,13-16,18H,1,9-12,33H2,2-3H3,(H,34,35,36). The zero-order chi connectivity index (χ0) is 29.1. The number of nitrogen functional groups attached to an aromatic ring is 1. The van der Waals surface area contributed by atoms with Gasteiger partial charge in [0.15, 0.2) is 17.3 Å². The molecule has 0 spiro atoms. The molecule has 4 aromatic rings. The summed E-state index contributed by atoms with van der Waals surface area (Å²) in [5.41, 5.74) is 6.73. The molecule has 2 heterocycles. The molecule has 0 saturated carbocycles. The summed E-state index contributed by atoms with van der Waals surface area (Å²) in [5.74, 6) is 0.179. The highest BCUT2D eigenvalue weighted by Crippen LogP contribution is 2.39. The van der Waals surface area contributed by atoms with E-state index in [4.69, 9.17) is 19.9 Å². The van der Waals surface area contributed by atoms with Crippen molar-refractivity contribution in [3.63, 3.8) is 0 Å². The molecule has 1 saturated heterocycles. The van der Waals surface area contributed by atoms with E-state index >= 15 is 0 Å². The van der Waals surface area contributed by atoms with Crippen LogP contribution in [0, 0.1) is 11.6 Å². The zero-order valence-electron chi connectivity index (χ0n) is 22.6. The number of methoxy groups -OCH3 is 2. The molecule has 1 aromatic heterocycles. The molecule has 0 unspecified atom stereocenters. The third kappa shape index (κ3) is 5.56. The number of rotatable bonds is 8. The van der Waals surface area contributed by atoms with Gasteiger partial charge in [-0.05, 0) is 42.0 Å². The van der Waals surface area contributed by atoms with Gasteiger partial charge in [0.1, 0.15) is 35.5 Å². The number of carbonyl (C=O) groups excluding carboxylic acids is 1. The molecular weight excluding hydrogens is 532 g/mol. The molecule has 0 bridgehead atoms. The van der Waals surface area contributed by atoms with Gasteiger partial charge in [-0.15, -0.1) is 0 Å². The quantitative estimate of drug-likeness (QED) is 0.215. The summed E-state index contributed by atoms with van der Waals surface area (Å²) in [4.78, 5) is 22.5. The topological polar surface area (TPSA) is 112 Å². The van der Waals surface area contributed by atoms with Crippen LogP contribution in [-0.2, 0) is 4.79 Å². The van der Waals surface area contributed by atoms with Crippen molar-refractivity contribution in [1.29, 1.82) is 0 Å². The van der Waals surface area contributed by atoms with Crippen molar-refractivity contribution in [2.24, 2.45) is 0 Å². The SMILES string of the molecule is C=CC(=O)N1CCC(Oc2cc3c(Nc4cc(-c5ccc(F)c(N)c5F)ccc4OC)ncnc3cc2OC)CC1. The second-order valence-corrected chi connectivity index (χ2v) is 9.45. The summed E-state index contributed by atoms with van der Waals surface area (Å²) in [6.45, 7) is 4.69. The van der Waals surface area contributed by atoms with Crippen LogP contribution in [0.5, 0.6) is 17.2 Å². The van der Waals surface area contributed by atoms with Crippen LogP contribution in [0.2, 0.25) is 0 Å². The van der Waals surface area contributed by atoms with E-state index in [1.54, 1.807) is 42.3 Å². The van der Waals surface area contributed by atoms with E-state index in [-0.39, 0.29) is 17.6 Å². The predicted octanol–water partition coefficient (Wildman–Crippen LogP) is 5.47. The fourth-order valence-corrected chi connectivity index (χ4v) is 4.81. The molecular formula is C30H29F2N5O4. The lowest BCUT2D eigenvalue weighted by molar-refractivity contribution is -0.127. The van der Waals surface area contributed by atoms with Crippen LogP contribution >= 0.6 is 0 Å². The average Bonchev–Trinajstić information content (AvgIpc) is 3.00. The van der Waals surface area contributed by atoms with Crippen LogP contribution < -0.4 is 25.3 Å². The van der Waals surface area contributed by atoms with E-state index in [9.17, 15) is 13.6 Å². The lowest BCUT2D eigenvalue weighted by Gasteiger charge is -2.31. The van der Waals surface area contributed by atoms with Crippen molar-refractivity contribution in [2.75, 3.05) is 38.4 Å². The molecule has 212 valence electrons. The van der Waals surface area contributed by atoms with E-state index in [1.807, 2.05) is 0 Å². The third-order valence-electron chi connectivity index (χ3n) is 7.03. The van der Waals surface area contributed by atoms with Crippen molar-refractivity contribution < 1.29 is 27.8 Å². The van der Waals surface area contributed by atoms with E-state index < -0.39 is 17.3 Å². The molecule has 9 nitrogen and oxygen atoms in total. The molecule has 41 heavy (non-hydrogen) atoms. The van der Waals surface area contributed by atoms with Crippen LogP contribution in [0.3, 0.4) is 0 Å². The molecule has 0 atom stereocenters. The number of ether oxygens (including phenoxy) is 3. The first-order chi connectivity index (χ1) is 19.8. The van der Waals surface area contributed by atoms with Crippen molar-refractivity contribution in [1.82, 2.24) is 14.9 Å². The number of fused-ring (bicyclic) bond motifs is 1. The number of carbonyl (C=O) groups is 1. The lowest BCUT2D eigenvalue weighted by atomic mass is 10.0. The monoisotopic (exact) mass is 561 g/mol. The van der Waals surface area contributed by atoms with Gasteiger partial charge in [0.25, 0.3) is 0 Å². The maximum Gasteiger partial charge on any atom is 0.245 e. The number of nitrogens with zero attached hydrogens (tertiary/aromatic N) is 3. The Morgan fingerprint density at radius 1 is 1.05 bits per heavy atom. The summed E-state index contributed by atoms with van der Waals surface area (Å²) < 4.78 is 46.0. The van der Waals surface area contributed by atoms with Gasteiger partial charge in [0.2, 0.25) is 5.91 Å². The normalized spacial score (nSPS) is 13.6. The van der Waals surface area contributed by atoms with Crippen LogP contribution in [0.15, 0.2) is 61.4 Å². The van der Waals surface area contributed by atoms with Crippen LogP contribution in [0.4, 0.5) is 26.0 Å². The highest BCUT2D eigenvalue weighted by Gasteiger charge is 2.24. The molecule has 11 heteroatoms.